The van der Waals surface area contributed by atoms with Crippen LogP contribution in [-0.2, 0) is 0 Å². The third-order valence-electron chi connectivity index (χ3n) is 4.11. The number of benzene rings is 2. The van der Waals surface area contributed by atoms with Gasteiger partial charge < -0.3 is 10.1 Å². The highest BCUT2D eigenvalue weighted by atomic mass is 16.3. The van der Waals surface area contributed by atoms with E-state index < -0.39 is 0 Å². The van der Waals surface area contributed by atoms with Crippen molar-refractivity contribution in [1.29, 1.82) is 0 Å². The Hall–Kier alpha value is -3.40. The number of nitrogens with one attached hydrogen (secondary N) is 1. The van der Waals surface area contributed by atoms with Gasteiger partial charge in [0.05, 0.1) is 11.4 Å². The minimum absolute atomic E-state index is 0.239. The SMILES string of the molecule is Cc1cccc(-c2nc(-c3ccc(O)cc3)[nH]c2-c2ccncc2)c1. The molecule has 0 bridgehead atoms. The summed E-state index contributed by atoms with van der Waals surface area (Å²) in [5.41, 5.74) is 6.06. The van der Waals surface area contributed by atoms with E-state index in [0.29, 0.717) is 0 Å². The molecular weight excluding hydrogens is 310 g/mol. The Labute approximate surface area is 145 Å². The molecule has 2 aromatic heterocycles. The maximum Gasteiger partial charge on any atom is 0.138 e. The van der Waals surface area contributed by atoms with Crippen LogP contribution in [0.25, 0.3) is 33.9 Å². The molecule has 0 spiro atoms. The van der Waals surface area contributed by atoms with Crippen molar-refractivity contribution in [2.75, 3.05) is 0 Å². The molecule has 0 aliphatic heterocycles. The van der Waals surface area contributed by atoms with Gasteiger partial charge in [0.1, 0.15) is 11.6 Å². The Morgan fingerprint density at radius 2 is 1.60 bits per heavy atom. The summed E-state index contributed by atoms with van der Waals surface area (Å²) in [5.74, 6) is 1.01. The monoisotopic (exact) mass is 327 g/mol. The molecule has 122 valence electrons. The van der Waals surface area contributed by atoms with Crippen LogP contribution in [0.4, 0.5) is 0 Å². The second-order valence-electron chi connectivity index (χ2n) is 5.96. The van der Waals surface area contributed by atoms with E-state index >= 15 is 0 Å². The van der Waals surface area contributed by atoms with Gasteiger partial charge in [-0.3, -0.25) is 4.98 Å². The number of hydrogen-bond acceptors (Lipinski definition) is 3. The molecule has 0 amide bonds. The molecule has 4 rings (SSSR count). The van der Waals surface area contributed by atoms with E-state index in [4.69, 9.17) is 4.98 Å². The molecule has 4 heteroatoms. The number of aromatic hydroxyl groups is 1. The van der Waals surface area contributed by atoms with Gasteiger partial charge in [0.15, 0.2) is 0 Å². The van der Waals surface area contributed by atoms with Gasteiger partial charge in [-0.2, -0.15) is 0 Å². The first kappa shape index (κ1) is 15.1. The zero-order chi connectivity index (χ0) is 17.2. The van der Waals surface area contributed by atoms with Crippen LogP contribution < -0.4 is 0 Å². The largest absolute Gasteiger partial charge is 0.508 e. The molecular formula is C21H17N3O. The molecule has 4 nitrogen and oxygen atoms in total. The normalized spacial score (nSPS) is 10.8. The van der Waals surface area contributed by atoms with Crippen LogP contribution in [0.15, 0.2) is 73.1 Å². The minimum Gasteiger partial charge on any atom is -0.508 e. The van der Waals surface area contributed by atoms with E-state index in [2.05, 4.69) is 35.1 Å². The van der Waals surface area contributed by atoms with Crippen molar-refractivity contribution in [3.8, 4) is 39.7 Å². The van der Waals surface area contributed by atoms with E-state index in [9.17, 15) is 5.11 Å². The number of rotatable bonds is 3. The molecule has 0 aliphatic carbocycles. The van der Waals surface area contributed by atoms with Crippen LogP contribution in [0, 0.1) is 6.92 Å². The van der Waals surface area contributed by atoms with Crippen molar-refractivity contribution < 1.29 is 5.11 Å². The fraction of sp³-hybridized carbons (Fsp3) is 0.0476. The fourth-order valence-corrected chi connectivity index (χ4v) is 2.86. The van der Waals surface area contributed by atoms with Crippen molar-refractivity contribution in [3.63, 3.8) is 0 Å². The number of aryl methyl sites for hydroxylation is 1. The van der Waals surface area contributed by atoms with Crippen LogP contribution in [-0.4, -0.2) is 20.1 Å². The lowest BCUT2D eigenvalue weighted by Gasteiger charge is -2.03. The van der Waals surface area contributed by atoms with Crippen LogP contribution >= 0.6 is 0 Å². The maximum atomic E-state index is 9.51. The van der Waals surface area contributed by atoms with E-state index in [1.807, 2.05) is 30.3 Å². The standard InChI is InChI=1S/C21H17N3O/c1-14-3-2-4-17(13-14)20-19(15-9-11-22-12-10-15)23-21(24-20)16-5-7-18(25)8-6-16/h2-13,25H,1H3,(H,23,24). The average Bonchev–Trinajstić information content (AvgIpc) is 3.08. The van der Waals surface area contributed by atoms with Crippen LogP contribution in [0.1, 0.15) is 5.56 Å². The lowest BCUT2D eigenvalue weighted by atomic mass is 10.0. The molecule has 0 saturated heterocycles. The van der Waals surface area contributed by atoms with Gasteiger partial charge in [0.25, 0.3) is 0 Å². The van der Waals surface area contributed by atoms with Crippen molar-refractivity contribution >= 4 is 0 Å². The third kappa shape index (κ3) is 3.02. The molecule has 0 radical (unpaired) electrons. The fourth-order valence-electron chi connectivity index (χ4n) is 2.86. The molecule has 4 aromatic rings. The smallest absolute Gasteiger partial charge is 0.138 e. The van der Waals surface area contributed by atoms with Crippen LogP contribution in [0.2, 0.25) is 0 Å². The first-order chi connectivity index (χ1) is 12.2. The number of imidazole rings is 1. The first-order valence-electron chi connectivity index (χ1n) is 8.07. The summed E-state index contributed by atoms with van der Waals surface area (Å²) in [5, 5.41) is 9.51. The highest BCUT2D eigenvalue weighted by Gasteiger charge is 2.15. The molecule has 0 fully saturated rings. The van der Waals surface area contributed by atoms with E-state index in [0.717, 1.165) is 33.9 Å². The molecule has 0 unspecified atom stereocenters. The van der Waals surface area contributed by atoms with Crippen molar-refractivity contribution in [2.24, 2.45) is 0 Å². The van der Waals surface area contributed by atoms with Crippen LogP contribution in [0.5, 0.6) is 5.75 Å². The number of hydrogen-bond donors (Lipinski definition) is 2. The van der Waals surface area contributed by atoms with Gasteiger partial charge in [-0.25, -0.2) is 4.98 Å². The molecule has 0 atom stereocenters. The topological polar surface area (TPSA) is 61.8 Å². The summed E-state index contributed by atoms with van der Waals surface area (Å²) < 4.78 is 0. The Kier molecular flexibility index (Phi) is 3.78. The highest BCUT2D eigenvalue weighted by Crippen LogP contribution is 2.33. The van der Waals surface area contributed by atoms with Crippen LogP contribution in [0.3, 0.4) is 0 Å². The van der Waals surface area contributed by atoms with E-state index in [1.54, 1.807) is 24.5 Å². The number of nitrogens with zero attached hydrogens (tertiary/aromatic N) is 2. The zero-order valence-corrected chi connectivity index (χ0v) is 13.8. The number of aromatic amines is 1. The quantitative estimate of drug-likeness (QED) is 0.567. The second kappa shape index (κ2) is 6.24. The van der Waals surface area contributed by atoms with Gasteiger partial charge >= 0.3 is 0 Å². The molecule has 2 heterocycles. The number of pyridine rings is 1. The predicted octanol–water partition coefficient (Wildman–Crippen LogP) is 4.82. The number of H-pyrrole nitrogens is 1. The van der Waals surface area contributed by atoms with E-state index in [1.165, 1.54) is 5.56 Å². The number of phenolic OH excluding ortho intramolecular Hbond substituents is 1. The Morgan fingerprint density at radius 1 is 0.840 bits per heavy atom. The summed E-state index contributed by atoms with van der Waals surface area (Å²) in [4.78, 5) is 12.4. The summed E-state index contributed by atoms with van der Waals surface area (Å²) in [6.45, 7) is 2.07. The lowest BCUT2D eigenvalue weighted by molar-refractivity contribution is 0.475. The maximum absolute atomic E-state index is 9.51. The molecule has 0 saturated carbocycles. The van der Waals surface area contributed by atoms with Gasteiger partial charge in [0.2, 0.25) is 0 Å². The molecule has 25 heavy (non-hydrogen) atoms. The Balaban J connectivity index is 1.90. The van der Waals surface area contributed by atoms with Gasteiger partial charge in [-0.15, -0.1) is 0 Å². The number of phenols is 1. The Bertz CT molecular complexity index is 1010. The van der Waals surface area contributed by atoms with Gasteiger partial charge in [0, 0.05) is 29.1 Å². The minimum atomic E-state index is 0.239. The van der Waals surface area contributed by atoms with Gasteiger partial charge in [-0.05, 0) is 49.4 Å². The van der Waals surface area contributed by atoms with E-state index in [-0.39, 0.29) is 5.75 Å². The van der Waals surface area contributed by atoms with Gasteiger partial charge in [-0.1, -0.05) is 23.8 Å². The summed E-state index contributed by atoms with van der Waals surface area (Å²) in [7, 11) is 0. The van der Waals surface area contributed by atoms with Crippen molar-refractivity contribution in [2.45, 2.75) is 6.92 Å². The predicted molar refractivity (Wildman–Crippen MR) is 99.1 cm³/mol. The average molecular weight is 327 g/mol. The number of aromatic nitrogens is 3. The molecule has 2 N–H and O–H groups in total. The molecule has 2 aromatic carbocycles. The highest BCUT2D eigenvalue weighted by molar-refractivity contribution is 5.81. The lowest BCUT2D eigenvalue weighted by Crippen LogP contribution is -1.85. The third-order valence-corrected chi connectivity index (χ3v) is 4.11. The summed E-state index contributed by atoms with van der Waals surface area (Å²) in [6.07, 6.45) is 3.55. The Morgan fingerprint density at radius 3 is 2.32 bits per heavy atom. The van der Waals surface area contributed by atoms with Crippen molar-refractivity contribution in [1.82, 2.24) is 15.0 Å². The first-order valence-corrected chi connectivity index (χ1v) is 8.07. The second-order valence-corrected chi connectivity index (χ2v) is 5.96. The molecule has 0 aliphatic rings. The summed E-state index contributed by atoms with van der Waals surface area (Å²) in [6, 6.07) is 19.3. The zero-order valence-electron chi connectivity index (χ0n) is 13.8. The summed E-state index contributed by atoms with van der Waals surface area (Å²) >= 11 is 0. The van der Waals surface area contributed by atoms with Crippen molar-refractivity contribution in [3.05, 3.63) is 78.6 Å².